The highest BCUT2D eigenvalue weighted by Crippen LogP contribution is 2.37. The summed E-state index contributed by atoms with van der Waals surface area (Å²) in [4.78, 5) is 35.2. The molecule has 1 aromatic heterocycles. The number of carbonyl (C=O) groups excluding carboxylic acids is 1. The molecule has 0 saturated carbocycles. The lowest BCUT2D eigenvalue weighted by atomic mass is 9.95. The number of carbonyl (C=O) groups is 2. The van der Waals surface area contributed by atoms with Gasteiger partial charge in [-0.15, -0.1) is 11.3 Å². The van der Waals surface area contributed by atoms with Crippen molar-refractivity contribution in [2.24, 2.45) is 4.99 Å². The van der Waals surface area contributed by atoms with Crippen LogP contribution in [0.25, 0.3) is 0 Å². The van der Waals surface area contributed by atoms with Crippen molar-refractivity contribution in [2.75, 3.05) is 33.4 Å². The predicted molar refractivity (Wildman–Crippen MR) is 133 cm³/mol. The molecule has 190 valence electrons. The molecule has 0 aliphatic carbocycles. The number of aromatic nitrogens is 1. The summed E-state index contributed by atoms with van der Waals surface area (Å²) in [6.45, 7) is 3.52. The molecule has 1 fully saturated rings. The molecule has 12 heteroatoms. The second-order valence-corrected chi connectivity index (χ2v) is 9.46. The number of morpholine rings is 1. The molecule has 2 N–H and O–H groups in total. The van der Waals surface area contributed by atoms with E-state index in [4.69, 9.17) is 31.2 Å². The number of aliphatic carboxylic acids is 1. The molecule has 0 radical (unpaired) electrons. The molecule has 1 saturated heterocycles. The molecule has 3 heterocycles. The highest BCUT2D eigenvalue weighted by Gasteiger charge is 2.35. The third-order valence-electron chi connectivity index (χ3n) is 5.62. The van der Waals surface area contributed by atoms with Gasteiger partial charge in [0.1, 0.15) is 11.9 Å². The number of hydrogen-bond acceptors (Lipinski definition) is 9. The van der Waals surface area contributed by atoms with Crippen LogP contribution in [0.5, 0.6) is 0 Å². The van der Waals surface area contributed by atoms with E-state index in [9.17, 15) is 14.0 Å². The minimum atomic E-state index is -1.06. The van der Waals surface area contributed by atoms with Gasteiger partial charge in [-0.2, -0.15) is 0 Å². The zero-order valence-corrected chi connectivity index (χ0v) is 21.1. The molecule has 9 nitrogen and oxygen atoms in total. The Hall–Kier alpha value is -3.12. The third kappa shape index (κ3) is 5.98. The number of carboxylic acids is 1. The number of thiazole rings is 1. The quantitative estimate of drug-likeness (QED) is 0.411. The molecule has 0 amide bonds. The van der Waals surface area contributed by atoms with Gasteiger partial charge in [-0.3, -0.25) is 9.89 Å². The van der Waals surface area contributed by atoms with Crippen molar-refractivity contribution in [3.63, 3.8) is 0 Å². The number of hydrogen-bond donors (Lipinski definition) is 2. The van der Waals surface area contributed by atoms with Gasteiger partial charge in [-0.25, -0.2) is 19.0 Å². The Morgan fingerprint density at radius 2 is 2.25 bits per heavy atom. The molecule has 2 aliphatic rings. The highest BCUT2D eigenvalue weighted by molar-refractivity contribution is 7.11. The lowest BCUT2D eigenvalue weighted by molar-refractivity contribution is -0.136. The van der Waals surface area contributed by atoms with Crippen LogP contribution in [-0.2, 0) is 19.1 Å². The number of benzene rings is 1. The predicted octanol–water partition coefficient (Wildman–Crippen LogP) is 3.10. The molecule has 0 unspecified atom stereocenters. The number of ether oxygens (including phenoxy) is 2. The average Bonchev–Trinajstić information content (AvgIpc) is 3.28. The summed E-state index contributed by atoms with van der Waals surface area (Å²) in [5, 5.41) is 14.8. The second-order valence-electron chi connectivity index (χ2n) is 8.19. The fraction of sp³-hybridized carbons (Fsp3) is 0.333. The molecular weight excluding hydrogens is 511 g/mol. The number of amidine groups is 1. The highest BCUT2D eigenvalue weighted by atomic mass is 35.5. The molecule has 36 heavy (non-hydrogen) atoms. The van der Waals surface area contributed by atoms with Gasteiger partial charge in [0.15, 0.2) is 10.8 Å². The summed E-state index contributed by atoms with van der Waals surface area (Å²) in [6.07, 6.45) is 2.12. The van der Waals surface area contributed by atoms with Crippen LogP contribution in [0.3, 0.4) is 0 Å². The van der Waals surface area contributed by atoms with Crippen molar-refractivity contribution in [1.82, 2.24) is 15.2 Å². The normalized spacial score (nSPS) is 20.8. The summed E-state index contributed by atoms with van der Waals surface area (Å²) < 4.78 is 24.6. The zero-order chi connectivity index (χ0) is 25.8. The van der Waals surface area contributed by atoms with Crippen molar-refractivity contribution in [3.8, 4) is 0 Å². The van der Waals surface area contributed by atoms with Crippen LogP contribution in [-0.4, -0.2) is 72.2 Å². The molecule has 0 spiro atoms. The minimum Gasteiger partial charge on any atom is -0.478 e. The maximum absolute atomic E-state index is 13.8. The summed E-state index contributed by atoms with van der Waals surface area (Å²) in [5.74, 6) is -1.71. The first kappa shape index (κ1) is 26.0. The second kappa shape index (κ2) is 11.3. The number of nitrogens with zero attached hydrogens (tertiary/aromatic N) is 3. The Morgan fingerprint density at radius 1 is 1.44 bits per heavy atom. The Bertz CT molecular complexity index is 1260. The third-order valence-corrected chi connectivity index (χ3v) is 6.92. The average molecular weight is 535 g/mol. The number of esters is 1. The van der Waals surface area contributed by atoms with Crippen LogP contribution in [0, 0.1) is 12.7 Å². The fourth-order valence-electron chi connectivity index (χ4n) is 4.00. The van der Waals surface area contributed by atoms with E-state index in [2.05, 4.69) is 10.3 Å². The fourth-order valence-corrected chi connectivity index (χ4v) is 5.01. The number of halogens is 2. The van der Waals surface area contributed by atoms with E-state index in [0.717, 1.165) is 11.8 Å². The Balaban J connectivity index is 1.74. The van der Waals surface area contributed by atoms with Gasteiger partial charge in [-0.1, -0.05) is 17.7 Å². The summed E-state index contributed by atoms with van der Waals surface area (Å²) >= 11 is 7.79. The monoisotopic (exact) mass is 534 g/mol. The van der Waals surface area contributed by atoms with Crippen molar-refractivity contribution in [3.05, 3.63) is 74.1 Å². The van der Waals surface area contributed by atoms with Crippen LogP contribution >= 0.6 is 22.9 Å². The van der Waals surface area contributed by atoms with Gasteiger partial charge in [0.25, 0.3) is 0 Å². The van der Waals surface area contributed by atoms with Gasteiger partial charge < -0.3 is 19.9 Å². The molecule has 4 rings (SSSR count). The molecule has 1 aromatic carbocycles. The molecule has 2 atom stereocenters. The maximum atomic E-state index is 13.8. The van der Waals surface area contributed by atoms with Crippen LogP contribution in [0.2, 0.25) is 5.02 Å². The van der Waals surface area contributed by atoms with Gasteiger partial charge in [0.2, 0.25) is 0 Å². The zero-order valence-electron chi connectivity index (χ0n) is 19.5. The van der Waals surface area contributed by atoms with E-state index in [1.54, 1.807) is 0 Å². The molecule has 2 aliphatic heterocycles. The van der Waals surface area contributed by atoms with E-state index >= 15 is 0 Å². The van der Waals surface area contributed by atoms with E-state index < -0.39 is 29.9 Å². The topological polar surface area (TPSA) is 113 Å². The molecule has 2 aromatic rings. The van der Waals surface area contributed by atoms with Gasteiger partial charge >= 0.3 is 11.9 Å². The molecular formula is C24H24ClFN4O5S. The van der Waals surface area contributed by atoms with Crippen molar-refractivity contribution in [1.29, 1.82) is 0 Å². The first-order valence-electron chi connectivity index (χ1n) is 11.0. The Morgan fingerprint density at radius 3 is 2.92 bits per heavy atom. The van der Waals surface area contributed by atoms with Crippen molar-refractivity contribution < 1.29 is 28.6 Å². The van der Waals surface area contributed by atoms with Crippen molar-refractivity contribution >= 4 is 40.7 Å². The maximum Gasteiger partial charge on any atom is 0.338 e. The van der Waals surface area contributed by atoms with E-state index in [1.165, 1.54) is 42.7 Å². The summed E-state index contributed by atoms with van der Waals surface area (Å²) in [7, 11) is 1.28. The number of methoxy groups -OCH3 is 1. The van der Waals surface area contributed by atoms with Gasteiger partial charge in [0.05, 0.1) is 25.4 Å². The molecule has 0 bridgehead atoms. The van der Waals surface area contributed by atoms with Crippen molar-refractivity contribution in [2.45, 2.75) is 19.1 Å². The minimum absolute atomic E-state index is 0.131. The van der Waals surface area contributed by atoms with Crippen LogP contribution in [0.4, 0.5) is 4.39 Å². The lowest BCUT2D eigenvalue weighted by Crippen LogP contribution is -2.46. The number of aryl methyl sites for hydroxylation is 1. The first-order chi connectivity index (χ1) is 17.2. The lowest BCUT2D eigenvalue weighted by Gasteiger charge is -2.34. The van der Waals surface area contributed by atoms with Gasteiger partial charge in [0, 0.05) is 53.1 Å². The van der Waals surface area contributed by atoms with Crippen LogP contribution < -0.4 is 5.32 Å². The smallest absolute Gasteiger partial charge is 0.338 e. The Labute approximate surface area is 215 Å². The van der Waals surface area contributed by atoms with Crippen LogP contribution in [0.1, 0.15) is 22.3 Å². The van der Waals surface area contributed by atoms with E-state index in [-0.39, 0.29) is 10.6 Å². The first-order valence-corrected chi connectivity index (χ1v) is 12.3. The van der Waals surface area contributed by atoms with Crippen LogP contribution in [0.15, 0.2) is 52.0 Å². The summed E-state index contributed by atoms with van der Waals surface area (Å²) in [5.41, 5.74) is 2.05. The number of rotatable bonds is 7. The number of carboxylic acid groups (broad SMARTS) is 1. The number of aliphatic imine (C=N–C) groups is 1. The Kier molecular flexibility index (Phi) is 8.14. The SMILES string of the molecule is COC(=O)C1=C(CN2CCO[C@H](/C=C/C(=O)O)C2)NC(c2nc(C)cs2)=N[C@H]1c1ccc(F)cc1Cl. The van der Waals surface area contributed by atoms with E-state index in [0.29, 0.717) is 48.3 Å². The summed E-state index contributed by atoms with van der Waals surface area (Å²) in [6, 6.07) is 3.09. The standard InChI is InChI=1S/C24H24ClFN4O5S/c1-13-12-36-23(27-13)22-28-18(11-30-7-8-35-15(10-30)4-6-19(31)32)20(24(33)34-2)21(29-22)16-5-3-14(26)9-17(16)25/h3-6,9,12,15,21H,7-8,10-11H2,1-2H3,(H,28,29)(H,31,32)/b6-4+/t15-,21+/m1/s1. The number of nitrogens with one attached hydrogen (secondary N) is 1. The largest absolute Gasteiger partial charge is 0.478 e. The van der Waals surface area contributed by atoms with E-state index in [1.807, 2.05) is 17.2 Å². The van der Waals surface area contributed by atoms with Gasteiger partial charge in [-0.05, 0) is 25.1 Å².